The molecule has 1 N–H and O–H groups in total. The van der Waals surface area contributed by atoms with E-state index in [-0.39, 0.29) is 0 Å². The van der Waals surface area contributed by atoms with E-state index in [2.05, 4.69) is 54.0 Å². The molecule has 0 saturated carbocycles. The molecule has 0 aliphatic carbocycles. The van der Waals surface area contributed by atoms with Crippen LogP contribution in [-0.2, 0) is 7.05 Å². The summed E-state index contributed by atoms with van der Waals surface area (Å²) in [6.07, 6.45) is 3.94. The Balaban J connectivity index is 2.48. The first kappa shape index (κ1) is 8.88. The Hall–Kier alpha value is -1.70. The summed E-state index contributed by atoms with van der Waals surface area (Å²) in [5, 5.41) is 4.58. The Labute approximate surface area is 83.9 Å². The van der Waals surface area contributed by atoms with E-state index in [9.17, 15) is 0 Å². The molecular formula is C12H14N2. The van der Waals surface area contributed by atoms with E-state index in [1.165, 1.54) is 16.6 Å². The maximum atomic E-state index is 3.69. The molecule has 0 spiro atoms. The Kier molecular flexibility index (Phi) is 2.27. The first-order valence-electron chi connectivity index (χ1n) is 4.72. The molecule has 0 atom stereocenters. The van der Waals surface area contributed by atoms with E-state index < -0.39 is 0 Å². The molecule has 14 heavy (non-hydrogen) atoms. The Morgan fingerprint density at radius 1 is 1.43 bits per heavy atom. The summed E-state index contributed by atoms with van der Waals surface area (Å²) in [6.45, 7) is 4.49. The van der Waals surface area contributed by atoms with Crippen LogP contribution in [-0.4, -0.2) is 11.1 Å². The first-order chi connectivity index (χ1) is 6.83. The zero-order valence-corrected chi connectivity index (χ0v) is 8.33. The molecule has 0 bridgehead atoms. The molecule has 72 valence electrons. The van der Waals surface area contributed by atoms with Gasteiger partial charge in [-0.05, 0) is 18.2 Å². The highest BCUT2D eigenvalue weighted by Crippen LogP contribution is 2.23. The van der Waals surface area contributed by atoms with Gasteiger partial charge in [-0.25, -0.2) is 0 Å². The monoisotopic (exact) mass is 186 g/mol. The lowest BCUT2D eigenvalue weighted by atomic mass is 10.2. The smallest absolute Gasteiger partial charge is 0.0498 e. The average Bonchev–Trinajstić information content (AvgIpc) is 2.58. The lowest BCUT2D eigenvalue weighted by Crippen LogP contribution is -1.97. The fourth-order valence-corrected chi connectivity index (χ4v) is 1.64. The number of aryl methyl sites for hydroxylation is 1. The van der Waals surface area contributed by atoms with Crippen molar-refractivity contribution in [2.75, 3.05) is 11.9 Å². The van der Waals surface area contributed by atoms with Crippen molar-refractivity contribution in [2.45, 2.75) is 0 Å². The SMILES string of the molecule is C=CCNc1cccc2c1ccn2C. The lowest BCUT2D eigenvalue weighted by molar-refractivity contribution is 0.969. The van der Waals surface area contributed by atoms with Crippen LogP contribution >= 0.6 is 0 Å². The molecule has 0 aliphatic rings. The van der Waals surface area contributed by atoms with E-state index in [4.69, 9.17) is 0 Å². The highest BCUT2D eigenvalue weighted by molar-refractivity contribution is 5.92. The number of nitrogens with one attached hydrogen (secondary N) is 1. The molecule has 0 aliphatic heterocycles. The van der Waals surface area contributed by atoms with Crippen LogP contribution in [0.1, 0.15) is 0 Å². The summed E-state index contributed by atoms with van der Waals surface area (Å²) >= 11 is 0. The maximum absolute atomic E-state index is 3.69. The zero-order valence-electron chi connectivity index (χ0n) is 8.33. The standard InChI is InChI=1S/C12H14N2/c1-3-8-13-11-5-4-6-12-10(11)7-9-14(12)2/h3-7,9,13H,1,8H2,2H3. The number of rotatable bonds is 3. The predicted octanol–water partition coefficient (Wildman–Crippen LogP) is 2.78. The molecule has 0 unspecified atom stereocenters. The van der Waals surface area contributed by atoms with E-state index >= 15 is 0 Å². The molecule has 0 saturated heterocycles. The second kappa shape index (κ2) is 3.58. The van der Waals surface area contributed by atoms with E-state index in [0.717, 1.165) is 6.54 Å². The van der Waals surface area contributed by atoms with Gasteiger partial charge in [0.2, 0.25) is 0 Å². The predicted molar refractivity (Wildman–Crippen MR) is 61.6 cm³/mol. The van der Waals surface area contributed by atoms with Crippen LogP contribution in [0.5, 0.6) is 0 Å². The van der Waals surface area contributed by atoms with Gasteiger partial charge in [-0.1, -0.05) is 12.1 Å². The quantitative estimate of drug-likeness (QED) is 0.729. The Bertz CT molecular complexity index is 454. The van der Waals surface area contributed by atoms with Gasteiger partial charge in [-0.15, -0.1) is 6.58 Å². The van der Waals surface area contributed by atoms with Crippen molar-refractivity contribution in [1.82, 2.24) is 4.57 Å². The molecule has 0 radical (unpaired) electrons. The minimum atomic E-state index is 0.800. The van der Waals surface area contributed by atoms with Gasteiger partial charge in [-0.2, -0.15) is 0 Å². The van der Waals surface area contributed by atoms with Crippen LogP contribution in [0.25, 0.3) is 10.9 Å². The van der Waals surface area contributed by atoms with Gasteiger partial charge in [0.05, 0.1) is 0 Å². The number of fused-ring (bicyclic) bond motifs is 1. The van der Waals surface area contributed by atoms with Gasteiger partial charge < -0.3 is 9.88 Å². The number of aromatic nitrogens is 1. The fourth-order valence-electron chi connectivity index (χ4n) is 1.64. The summed E-state index contributed by atoms with van der Waals surface area (Å²) in [5.74, 6) is 0. The van der Waals surface area contributed by atoms with Crippen molar-refractivity contribution in [2.24, 2.45) is 7.05 Å². The highest BCUT2D eigenvalue weighted by Gasteiger charge is 2.01. The van der Waals surface area contributed by atoms with E-state index in [1.807, 2.05) is 6.08 Å². The summed E-state index contributed by atoms with van der Waals surface area (Å²) in [7, 11) is 2.06. The number of anilines is 1. The van der Waals surface area contributed by atoms with Gasteiger partial charge in [-0.3, -0.25) is 0 Å². The highest BCUT2D eigenvalue weighted by atomic mass is 14.9. The van der Waals surface area contributed by atoms with Gasteiger partial charge in [0, 0.05) is 36.4 Å². The van der Waals surface area contributed by atoms with Gasteiger partial charge in [0.1, 0.15) is 0 Å². The van der Waals surface area contributed by atoms with Crippen molar-refractivity contribution in [3.63, 3.8) is 0 Å². The lowest BCUT2D eigenvalue weighted by Gasteiger charge is -2.05. The number of hydrogen-bond donors (Lipinski definition) is 1. The molecule has 2 aromatic rings. The van der Waals surface area contributed by atoms with Crippen molar-refractivity contribution in [1.29, 1.82) is 0 Å². The minimum absolute atomic E-state index is 0.800. The number of nitrogens with zero attached hydrogens (tertiary/aromatic N) is 1. The molecule has 1 aromatic heterocycles. The van der Waals surface area contributed by atoms with Crippen LogP contribution < -0.4 is 5.32 Å². The molecule has 2 nitrogen and oxygen atoms in total. The Morgan fingerprint density at radius 2 is 2.29 bits per heavy atom. The van der Waals surface area contributed by atoms with Crippen LogP contribution in [0, 0.1) is 0 Å². The third-order valence-electron chi connectivity index (χ3n) is 2.36. The van der Waals surface area contributed by atoms with Gasteiger partial charge in [0.25, 0.3) is 0 Å². The molecule has 2 rings (SSSR count). The molecule has 1 heterocycles. The van der Waals surface area contributed by atoms with Gasteiger partial charge in [0.15, 0.2) is 0 Å². The first-order valence-corrected chi connectivity index (χ1v) is 4.72. The molecular weight excluding hydrogens is 172 g/mol. The number of benzene rings is 1. The molecule has 1 aromatic carbocycles. The third kappa shape index (κ3) is 1.39. The normalized spacial score (nSPS) is 10.4. The summed E-state index contributed by atoms with van der Waals surface area (Å²) in [6, 6.07) is 8.40. The molecule has 0 amide bonds. The van der Waals surface area contributed by atoms with Crippen LogP contribution in [0.15, 0.2) is 43.1 Å². The van der Waals surface area contributed by atoms with Crippen LogP contribution in [0.2, 0.25) is 0 Å². The maximum Gasteiger partial charge on any atom is 0.0498 e. The number of hydrogen-bond acceptors (Lipinski definition) is 1. The minimum Gasteiger partial charge on any atom is -0.381 e. The van der Waals surface area contributed by atoms with Gasteiger partial charge >= 0.3 is 0 Å². The second-order valence-corrected chi connectivity index (χ2v) is 3.33. The molecule has 0 fully saturated rings. The summed E-state index contributed by atoms with van der Waals surface area (Å²) < 4.78 is 2.12. The topological polar surface area (TPSA) is 17.0 Å². The summed E-state index contributed by atoms with van der Waals surface area (Å²) in [5.41, 5.74) is 2.42. The van der Waals surface area contributed by atoms with Crippen molar-refractivity contribution in [3.8, 4) is 0 Å². The molecule has 2 heteroatoms. The second-order valence-electron chi connectivity index (χ2n) is 3.33. The van der Waals surface area contributed by atoms with Crippen molar-refractivity contribution in [3.05, 3.63) is 43.1 Å². The van der Waals surface area contributed by atoms with E-state index in [0.29, 0.717) is 0 Å². The van der Waals surface area contributed by atoms with Crippen LogP contribution in [0.4, 0.5) is 5.69 Å². The fraction of sp³-hybridized carbons (Fsp3) is 0.167. The average molecular weight is 186 g/mol. The van der Waals surface area contributed by atoms with Crippen molar-refractivity contribution >= 4 is 16.6 Å². The zero-order chi connectivity index (χ0) is 9.97. The largest absolute Gasteiger partial charge is 0.381 e. The third-order valence-corrected chi connectivity index (χ3v) is 2.36. The Morgan fingerprint density at radius 3 is 3.07 bits per heavy atom. The van der Waals surface area contributed by atoms with Crippen molar-refractivity contribution < 1.29 is 0 Å². The van der Waals surface area contributed by atoms with E-state index in [1.54, 1.807) is 0 Å². The van der Waals surface area contributed by atoms with Crippen LogP contribution in [0.3, 0.4) is 0 Å². The summed E-state index contributed by atoms with van der Waals surface area (Å²) in [4.78, 5) is 0.